The number of aromatic nitrogens is 1. The summed E-state index contributed by atoms with van der Waals surface area (Å²) < 4.78 is 0. The maximum absolute atomic E-state index is 11.5. The normalized spacial score (nSPS) is 11.3. The van der Waals surface area contributed by atoms with E-state index in [2.05, 4.69) is 10.3 Å². The maximum Gasteiger partial charge on any atom is 0.263 e. The average molecular weight is 199 g/mol. The quantitative estimate of drug-likeness (QED) is 0.749. The van der Waals surface area contributed by atoms with Crippen molar-refractivity contribution < 1.29 is 4.79 Å². The Morgan fingerprint density at radius 3 is 2.92 bits per heavy atom. The van der Waals surface area contributed by atoms with Crippen LogP contribution in [0.1, 0.15) is 23.5 Å². The van der Waals surface area contributed by atoms with Crippen molar-refractivity contribution >= 4 is 17.2 Å². The van der Waals surface area contributed by atoms with Crippen LogP contribution in [0.4, 0.5) is 0 Å². The predicted molar refractivity (Wildman–Crippen MR) is 52.7 cm³/mol. The van der Waals surface area contributed by atoms with Gasteiger partial charge in [0, 0.05) is 12.1 Å². The molecule has 0 aliphatic carbocycles. The van der Waals surface area contributed by atoms with Crippen molar-refractivity contribution in [1.29, 1.82) is 0 Å². The summed E-state index contributed by atoms with van der Waals surface area (Å²) in [4.78, 5) is 15.9. The molecule has 0 aliphatic heterocycles. The van der Waals surface area contributed by atoms with Gasteiger partial charge in [0.25, 0.3) is 5.91 Å². The zero-order valence-electron chi connectivity index (χ0n) is 7.70. The van der Waals surface area contributed by atoms with Crippen LogP contribution in [-0.4, -0.2) is 23.0 Å². The van der Waals surface area contributed by atoms with E-state index in [1.807, 2.05) is 13.8 Å². The molecule has 1 rings (SSSR count). The van der Waals surface area contributed by atoms with Crippen LogP contribution in [0, 0.1) is 0 Å². The van der Waals surface area contributed by atoms with Crippen molar-refractivity contribution in [3.63, 3.8) is 0 Å². The molecular formula is C8H13N3OS. The smallest absolute Gasteiger partial charge is 0.263 e. The third kappa shape index (κ3) is 2.78. The van der Waals surface area contributed by atoms with Gasteiger partial charge in [-0.1, -0.05) is 0 Å². The highest BCUT2D eigenvalue weighted by molar-refractivity contribution is 7.11. The Morgan fingerprint density at radius 1 is 1.77 bits per heavy atom. The molecule has 0 saturated heterocycles. The van der Waals surface area contributed by atoms with Gasteiger partial charge in [-0.2, -0.15) is 0 Å². The van der Waals surface area contributed by atoms with Crippen LogP contribution in [0.15, 0.2) is 11.7 Å². The Balaban J connectivity index is 2.61. The second-order valence-corrected chi connectivity index (χ2v) is 4.29. The van der Waals surface area contributed by atoms with Crippen molar-refractivity contribution in [2.45, 2.75) is 19.4 Å². The first kappa shape index (κ1) is 10.1. The van der Waals surface area contributed by atoms with Crippen molar-refractivity contribution in [3.05, 3.63) is 16.6 Å². The third-order valence-corrected chi connectivity index (χ3v) is 2.39. The fourth-order valence-electron chi connectivity index (χ4n) is 0.748. The van der Waals surface area contributed by atoms with E-state index in [4.69, 9.17) is 5.73 Å². The molecule has 1 heterocycles. The van der Waals surface area contributed by atoms with E-state index in [0.29, 0.717) is 11.4 Å². The van der Waals surface area contributed by atoms with Gasteiger partial charge in [-0.05, 0) is 13.8 Å². The van der Waals surface area contributed by atoms with Gasteiger partial charge < -0.3 is 11.1 Å². The molecule has 0 aliphatic rings. The summed E-state index contributed by atoms with van der Waals surface area (Å²) >= 11 is 1.32. The van der Waals surface area contributed by atoms with Crippen LogP contribution < -0.4 is 11.1 Å². The average Bonchev–Trinajstić information content (AvgIpc) is 2.55. The van der Waals surface area contributed by atoms with E-state index in [1.54, 1.807) is 11.7 Å². The van der Waals surface area contributed by atoms with Gasteiger partial charge in [-0.15, -0.1) is 11.3 Å². The number of nitrogens with one attached hydrogen (secondary N) is 1. The number of rotatable bonds is 3. The van der Waals surface area contributed by atoms with Crippen LogP contribution in [-0.2, 0) is 0 Å². The minimum Gasteiger partial charge on any atom is -0.345 e. The number of amides is 1. The van der Waals surface area contributed by atoms with E-state index in [0.717, 1.165) is 0 Å². The molecular weight excluding hydrogens is 186 g/mol. The Labute approximate surface area is 81.2 Å². The van der Waals surface area contributed by atoms with Crippen LogP contribution in [0.3, 0.4) is 0 Å². The molecule has 13 heavy (non-hydrogen) atoms. The highest BCUT2D eigenvalue weighted by Crippen LogP contribution is 2.07. The number of nitrogens with two attached hydrogens (primary N) is 1. The van der Waals surface area contributed by atoms with Gasteiger partial charge >= 0.3 is 0 Å². The number of hydrogen-bond acceptors (Lipinski definition) is 4. The molecule has 4 nitrogen and oxygen atoms in total. The lowest BCUT2D eigenvalue weighted by Crippen LogP contribution is -2.48. The fourth-order valence-corrected chi connectivity index (χ4v) is 1.26. The third-order valence-electron chi connectivity index (χ3n) is 1.62. The number of thiazole rings is 1. The van der Waals surface area contributed by atoms with Gasteiger partial charge in [0.05, 0.1) is 11.7 Å². The summed E-state index contributed by atoms with van der Waals surface area (Å²) in [5, 5.41) is 2.81. The van der Waals surface area contributed by atoms with Gasteiger partial charge in [0.15, 0.2) is 0 Å². The van der Waals surface area contributed by atoms with Gasteiger partial charge in [0.2, 0.25) is 0 Å². The number of hydrogen-bond donors (Lipinski definition) is 2. The largest absolute Gasteiger partial charge is 0.345 e. The van der Waals surface area contributed by atoms with Crippen molar-refractivity contribution in [2.24, 2.45) is 5.73 Å². The molecule has 1 aromatic rings. The first-order valence-corrected chi connectivity index (χ1v) is 4.84. The minimum atomic E-state index is -0.360. The van der Waals surface area contributed by atoms with Gasteiger partial charge in [0.1, 0.15) is 4.88 Å². The Bertz CT molecular complexity index is 282. The SMILES string of the molecule is CC(C)(CN)NC(=O)c1cncs1. The molecule has 0 atom stereocenters. The molecule has 1 amide bonds. The molecule has 0 radical (unpaired) electrons. The monoisotopic (exact) mass is 199 g/mol. The van der Waals surface area contributed by atoms with Crippen LogP contribution >= 0.6 is 11.3 Å². The molecule has 0 fully saturated rings. The zero-order chi connectivity index (χ0) is 9.90. The molecule has 0 bridgehead atoms. The number of carbonyl (C=O) groups excluding carboxylic acids is 1. The summed E-state index contributed by atoms with van der Waals surface area (Å²) in [5.41, 5.74) is 6.75. The van der Waals surface area contributed by atoms with Crippen molar-refractivity contribution in [3.8, 4) is 0 Å². The number of nitrogens with zero attached hydrogens (tertiary/aromatic N) is 1. The first-order chi connectivity index (χ1) is 6.05. The fraction of sp³-hybridized carbons (Fsp3) is 0.500. The van der Waals surface area contributed by atoms with Gasteiger partial charge in [-0.25, -0.2) is 0 Å². The Kier molecular flexibility index (Phi) is 3.00. The summed E-state index contributed by atoms with van der Waals surface area (Å²) in [7, 11) is 0. The lowest BCUT2D eigenvalue weighted by molar-refractivity contribution is 0.0919. The topological polar surface area (TPSA) is 68.0 Å². The molecule has 0 saturated carbocycles. The predicted octanol–water partition coefficient (Wildman–Crippen LogP) is 0.610. The molecule has 0 aromatic carbocycles. The van der Waals surface area contributed by atoms with E-state index >= 15 is 0 Å². The van der Waals surface area contributed by atoms with E-state index in [1.165, 1.54) is 11.3 Å². The number of carbonyl (C=O) groups is 1. The second-order valence-electron chi connectivity index (χ2n) is 3.41. The summed E-state index contributed by atoms with van der Waals surface area (Å²) in [6.45, 7) is 4.18. The molecule has 72 valence electrons. The standard InChI is InChI=1S/C8H13N3OS/c1-8(2,4-9)11-7(12)6-3-10-5-13-6/h3,5H,4,9H2,1-2H3,(H,11,12). The zero-order valence-corrected chi connectivity index (χ0v) is 8.52. The van der Waals surface area contributed by atoms with E-state index in [-0.39, 0.29) is 11.4 Å². The van der Waals surface area contributed by atoms with E-state index < -0.39 is 0 Å². The second kappa shape index (κ2) is 3.85. The summed E-state index contributed by atoms with van der Waals surface area (Å²) in [6.07, 6.45) is 1.55. The molecule has 5 heteroatoms. The highest BCUT2D eigenvalue weighted by Gasteiger charge is 2.19. The molecule has 0 spiro atoms. The Morgan fingerprint density at radius 2 is 2.46 bits per heavy atom. The lowest BCUT2D eigenvalue weighted by Gasteiger charge is -2.23. The molecule has 0 unspecified atom stereocenters. The highest BCUT2D eigenvalue weighted by atomic mass is 32.1. The van der Waals surface area contributed by atoms with E-state index in [9.17, 15) is 4.79 Å². The Hall–Kier alpha value is -0.940. The lowest BCUT2D eigenvalue weighted by atomic mass is 10.1. The molecule has 1 aromatic heterocycles. The van der Waals surface area contributed by atoms with Crippen molar-refractivity contribution in [2.75, 3.05) is 6.54 Å². The van der Waals surface area contributed by atoms with Crippen LogP contribution in [0.5, 0.6) is 0 Å². The first-order valence-electron chi connectivity index (χ1n) is 3.96. The van der Waals surface area contributed by atoms with Crippen LogP contribution in [0.2, 0.25) is 0 Å². The summed E-state index contributed by atoms with van der Waals surface area (Å²) in [6, 6.07) is 0. The molecule has 3 N–H and O–H groups in total. The van der Waals surface area contributed by atoms with Crippen LogP contribution in [0.25, 0.3) is 0 Å². The minimum absolute atomic E-state index is 0.113. The van der Waals surface area contributed by atoms with Gasteiger partial charge in [-0.3, -0.25) is 9.78 Å². The van der Waals surface area contributed by atoms with Crippen molar-refractivity contribution in [1.82, 2.24) is 10.3 Å². The summed E-state index contributed by atoms with van der Waals surface area (Å²) in [5.74, 6) is -0.113. The maximum atomic E-state index is 11.5.